The van der Waals surface area contributed by atoms with Crippen LogP contribution in [0.15, 0.2) is 18.2 Å². The molecule has 0 bridgehead atoms. The molecule has 0 unspecified atom stereocenters. The Bertz CT molecular complexity index is 361. The van der Waals surface area contributed by atoms with Crippen LogP contribution in [-0.4, -0.2) is 18.2 Å². The van der Waals surface area contributed by atoms with E-state index < -0.39 is 6.10 Å². The van der Waals surface area contributed by atoms with E-state index >= 15 is 0 Å². The van der Waals surface area contributed by atoms with Gasteiger partial charge in [0.25, 0.3) is 0 Å². The van der Waals surface area contributed by atoms with E-state index in [9.17, 15) is 9.50 Å². The van der Waals surface area contributed by atoms with E-state index in [0.717, 1.165) is 18.5 Å². The lowest BCUT2D eigenvalue weighted by atomic mass is 10.1. The number of rotatable bonds is 3. The molecular weight excluding hydrogens is 193 g/mol. The summed E-state index contributed by atoms with van der Waals surface area (Å²) in [5, 5.41) is 9.57. The number of anilines is 1. The molecule has 82 valence electrons. The summed E-state index contributed by atoms with van der Waals surface area (Å²) in [6, 6.07) is 5.47. The Labute approximate surface area is 89.3 Å². The van der Waals surface area contributed by atoms with Crippen LogP contribution in [0.2, 0.25) is 0 Å². The summed E-state index contributed by atoms with van der Waals surface area (Å²) in [4.78, 5) is 2.06. The molecule has 1 fully saturated rings. The van der Waals surface area contributed by atoms with Crippen molar-refractivity contribution in [3.63, 3.8) is 0 Å². The SMILES string of the molecule is C[C@H](O)c1c(F)cccc1N(C)C1CC1. The van der Waals surface area contributed by atoms with Crippen LogP contribution in [0.3, 0.4) is 0 Å². The van der Waals surface area contributed by atoms with Crippen LogP contribution in [0, 0.1) is 5.82 Å². The minimum absolute atomic E-state index is 0.324. The highest BCUT2D eigenvalue weighted by atomic mass is 19.1. The van der Waals surface area contributed by atoms with Crippen molar-refractivity contribution >= 4 is 5.69 Å². The van der Waals surface area contributed by atoms with Crippen LogP contribution in [0.25, 0.3) is 0 Å². The highest BCUT2D eigenvalue weighted by Crippen LogP contribution is 2.35. The fraction of sp³-hybridized carbons (Fsp3) is 0.500. The molecule has 0 amide bonds. The maximum atomic E-state index is 13.6. The molecule has 1 aromatic rings. The standard InChI is InChI=1S/C12H16FNO/c1-8(15)12-10(13)4-3-5-11(12)14(2)9-6-7-9/h3-5,8-9,15H,6-7H2,1-2H3/t8-/m0/s1. The first-order chi connectivity index (χ1) is 7.11. The summed E-state index contributed by atoms with van der Waals surface area (Å²) in [6.07, 6.45) is 1.56. The van der Waals surface area contributed by atoms with Crippen molar-refractivity contribution in [1.29, 1.82) is 0 Å². The number of halogens is 1. The van der Waals surface area contributed by atoms with Crippen molar-refractivity contribution in [2.75, 3.05) is 11.9 Å². The highest BCUT2D eigenvalue weighted by molar-refractivity contribution is 5.56. The van der Waals surface area contributed by atoms with Gasteiger partial charge in [0.15, 0.2) is 0 Å². The molecule has 1 atom stereocenters. The van der Waals surface area contributed by atoms with Gasteiger partial charge in [-0.2, -0.15) is 0 Å². The topological polar surface area (TPSA) is 23.5 Å². The zero-order valence-electron chi connectivity index (χ0n) is 9.07. The average Bonchev–Trinajstić information content (AvgIpc) is 2.98. The van der Waals surface area contributed by atoms with Gasteiger partial charge in [-0.25, -0.2) is 4.39 Å². The van der Waals surface area contributed by atoms with Crippen LogP contribution in [0.4, 0.5) is 10.1 Å². The van der Waals surface area contributed by atoms with Gasteiger partial charge in [0, 0.05) is 24.3 Å². The normalized spacial score (nSPS) is 17.6. The van der Waals surface area contributed by atoms with E-state index in [-0.39, 0.29) is 5.82 Å². The van der Waals surface area contributed by atoms with Gasteiger partial charge in [-0.3, -0.25) is 0 Å². The number of hydrogen-bond acceptors (Lipinski definition) is 2. The number of benzene rings is 1. The summed E-state index contributed by atoms with van der Waals surface area (Å²) in [6.45, 7) is 1.60. The first kappa shape index (κ1) is 10.4. The Morgan fingerprint density at radius 1 is 1.47 bits per heavy atom. The summed E-state index contributed by atoms with van der Waals surface area (Å²) < 4.78 is 13.6. The van der Waals surface area contributed by atoms with Crippen LogP contribution in [-0.2, 0) is 0 Å². The maximum Gasteiger partial charge on any atom is 0.131 e. The van der Waals surface area contributed by atoms with Gasteiger partial charge >= 0.3 is 0 Å². The first-order valence-electron chi connectivity index (χ1n) is 5.30. The minimum Gasteiger partial charge on any atom is -0.389 e. The second kappa shape index (κ2) is 3.81. The molecule has 0 radical (unpaired) electrons. The predicted octanol–water partition coefficient (Wildman–Crippen LogP) is 2.48. The Morgan fingerprint density at radius 3 is 2.67 bits per heavy atom. The van der Waals surface area contributed by atoms with Crippen molar-refractivity contribution < 1.29 is 9.50 Å². The Balaban J connectivity index is 2.40. The van der Waals surface area contributed by atoms with Gasteiger partial charge in [-0.1, -0.05) is 6.07 Å². The molecule has 0 heterocycles. The van der Waals surface area contributed by atoms with Crippen molar-refractivity contribution in [3.05, 3.63) is 29.6 Å². The van der Waals surface area contributed by atoms with E-state index in [4.69, 9.17) is 0 Å². The third-order valence-corrected chi connectivity index (χ3v) is 2.92. The van der Waals surface area contributed by atoms with E-state index in [1.54, 1.807) is 13.0 Å². The van der Waals surface area contributed by atoms with Gasteiger partial charge in [-0.05, 0) is 31.9 Å². The molecule has 1 aliphatic rings. The molecule has 1 aliphatic carbocycles. The molecule has 0 spiro atoms. The molecule has 1 saturated carbocycles. The fourth-order valence-electron chi connectivity index (χ4n) is 1.91. The predicted molar refractivity (Wildman–Crippen MR) is 58.5 cm³/mol. The summed E-state index contributed by atoms with van der Waals surface area (Å²) >= 11 is 0. The zero-order valence-corrected chi connectivity index (χ0v) is 9.07. The Kier molecular flexibility index (Phi) is 2.65. The molecule has 2 nitrogen and oxygen atoms in total. The van der Waals surface area contributed by atoms with Crippen LogP contribution in [0.5, 0.6) is 0 Å². The van der Waals surface area contributed by atoms with Gasteiger partial charge in [0.2, 0.25) is 0 Å². The second-order valence-electron chi connectivity index (χ2n) is 4.19. The van der Waals surface area contributed by atoms with Crippen molar-refractivity contribution in [3.8, 4) is 0 Å². The van der Waals surface area contributed by atoms with Crippen LogP contribution in [0.1, 0.15) is 31.4 Å². The van der Waals surface area contributed by atoms with Gasteiger partial charge in [0.1, 0.15) is 5.82 Å². The first-order valence-corrected chi connectivity index (χ1v) is 5.30. The average molecular weight is 209 g/mol. The lowest BCUT2D eigenvalue weighted by Gasteiger charge is -2.23. The lowest BCUT2D eigenvalue weighted by Crippen LogP contribution is -2.22. The molecule has 0 saturated heterocycles. The molecule has 1 aromatic carbocycles. The monoisotopic (exact) mass is 209 g/mol. The summed E-state index contributed by atoms with van der Waals surface area (Å²) in [5.74, 6) is -0.324. The van der Waals surface area contributed by atoms with Crippen molar-refractivity contribution in [2.45, 2.75) is 31.9 Å². The molecule has 15 heavy (non-hydrogen) atoms. The smallest absolute Gasteiger partial charge is 0.131 e. The molecular formula is C12H16FNO. The van der Waals surface area contributed by atoms with Crippen molar-refractivity contribution in [1.82, 2.24) is 0 Å². The Morgan fingerprint density at radius 2 is 2.13 bits per heavy atom. The third kappa shape index (κ3) is 1.97. The fourth-order valence-corrected chi connectivity index (χ4v) is 1.91. The number of aliphatic hydroxyl groups excluding tert-OH is 1. The van der Waals surface area contributed by atoms with E-state index in [1.807, 2.05) is 13.1 Å². The molecule has 3 heteroatoms. The maximum absolute atomic E-state index is 13.6. The third-order valence-electron chi connectivity index (χ3n) is 2.92. The van der Waals surface area contributed by atoms with E-state index in [2.05, 4.69) is 4.90 Å². The van der Waals surface area contributed by atoms with Gasteiger partial charge in [-0.15, -0.1) is 0 Å². The quantitative estimate of drug-likeness (QED) is 0.826. The van der Waals surface area contributed by atoms with E-state index in [0.29, 0.717) is 11.6 Å². The summed E-state index contributed by atoms with van der Waals surface area (Å²) in [5.41, 5.74) is 1.22. The minimum atomic E-state index is -0.762. The summed E-state index contributed by atoms with van der Waals surface area (Å²) in [7, 11) is 1.96. The molecule has 0 aromatic heterocycles. The number of hydrogen-bond donors (Lipinski definition) is 1. The highest BCUT2D eigenvalue weighted by Gasteiger charge is 2.29. The molecule has 2 rings (SSSR count). The van der Waals surface area contributed by atoms with E-state index in [1.165, 1.54) is 6.07 Å². The van der Waals surface area contributed by atoms with Crippen LogP contribution >= 0.6 is 0 Å². The Hall–Kier alpha value is -1.09. The second-order valence-corrected chi connectivity index (χ2v) is 4.19. The molecule has 1 N–H and O–H groups in total. The van der Waals surface area contributed by atoms with Crippen molar-refractivity contribution in [2.24, 2.45) is 0 Å². The number of aliphatic hydroxyl groups is 1. The number of nitrogens with zero attached hydrogens (tertiary/aromatic N) is 1. The largest absolute Gasteiger partial charge is 0.389 e. The lowest BCUT2D eigenvalue weighted by molar-refractivity contribution is 0.194. The molecule has 0 aliphatic heterocycles. The zero-order chi connectivity index (χ0) is 11.0. The van der Waals surface area contributed by atoms with Gasteiger partial charge in [0.05, 0.1) is 6.10 Å². The van der Waals surface area contributed by atoms with Crippen LogP contribution < -0.4 is 4.90 Å². The van der Waals surface area contributed by atoms with Gasteiger partial charge < -0.3 is 10.0 Å².